The molecule has 100 valence electrons. The van der Waals surface area contributed by atoms with Crippen LogP contribution in [0.1, 0.15) is 16.5 Å². The van der Waals surface area contributed by atoms with E-state index in [2.05, 4.69) is 5.32 Å². The molecule has 0 aliphatic heterocycles. The van der Waals surface area contributed by atoms with E-state index in [1.807, 2.05) is 17.5 Å². The predicted octanol–water partition coefficient (Wildman–Crippen LogP) is 2.79. The van der Waals surface area contributed by atoms with Crippen molar-refractivity contribution in [1.29, 1.82) is 0 Å². The number of thiophene rings is 1. The van der Waals surface area contributed by atoms with Crippen molar-refractivity contribution in [3.05, 3.63) is 57.2 Å². The summed E-state index contributed by atoms with van der Waals surface area (Å²) in [6.07, 6.45) is -0.366. The van der Waals surface area contributed by atoms with Gasteiger partial charge in [-0.15, -0.1) is 11.3 Å². The highest BCUT2D eigenvalue weighted by Gasteiger charge is 2.10. The Morgan fingerprint density at radius 1 is 1.32 bits per heavy atom. The molecule has 0 radical (unpaired) electrons. The van der Waals surface area contributed by atoms with Gasteiger partial charge in [0.05, 0.1) is 12.5 Å². The maximum atomic E-state index is 11.7. The lowest BCUT2D eigenvalue weighted by molar-refractivity contribution is -0.120. The number of amides is 1. The molecule has 0 aliphatic rings. The predicted molar refractivity (Wildman–Crippen MR) is 77.4 cm³/mol. The van der Waals surface area contributed by atoms with Gasteiger partial charge in [-0.2, -0.15) is 0 Å². The number of carbonyl (C=O) groups excluding carboxylic acids is 1. The van der Waals surface area contributed by atoms with Crippen LogP contribution in [0.4, 0.5) is 0 Å². The summed E-state index contributed by atoms with van der Waals surface area (Å²) in [7, 11) is 0. The van der Waals surface area contributed by atoms with Crippen molar-refractivity contribution in [3.63, 3.8) is 0 Å². The van der Waals surface area contributed by atoms with Crippen LogP contribution >= 0.6 is 22.9 Å². The second-order valence-electron chi connectivity index (χ2n) is 4.13. The fourth-order valence-corrected chi connectivity index (χ4v) is 2.48. The molecule has 0 fully saturated rings. The number of nitrogens with one attached hydrogen (secondary N) is 1. The van der Waals surface area contributed by atoms with Crippen molar-refractivity contribution in [1.82, 2.24) is 5.32 Å². The molecular formula is C14H14ClNO2S. The molecular weight excluding hydrogens is 282 g/mol. The molecule has 19 heavy (non-hydrogen) atoms. The molecule has 0 bridgehead atoms. The summed E-state index contributed by atoms with van der Waals surface area (Å²) >= 11 is 7.32. The van der Waals surface area contributed by atoms with Crippen LogP contribution in [0, 0.1) is 0 Å². The lowest BCUT2D eigenvalue weighted by Crippen LogP contribution is -2.29. The summed E-state index contributed by atoms with van der Waals surface area (Å²) in [6, 6.07) is 10.8. The van der Waals surface area contributed by atoms with E-state index in [1.165, 1.54) is 0 Å². The number of hydrogen-bond donors (Lipinski definition) is 2. The molecule has 1 atom stereocenters. The third kappa shape index (κ3) is 4.35. The third-order valence-electron chi connectivity index (χ3n) is 2.66. The van der Waals surface area contributed by atoms with Gasteiger partial charge in [-0.25, -0.2) is 0 Å². The Hall–Kier alpha value is -1.36. The smallest absolute Gasteiger partial charge is 0.225 e. The Morgan fingerprint density at radius 3 is 2.68 bits per heavy atom. The Labute approximate surface area is 120 Å². The van der Waals surface area contributed by atoms with Gasteiger partial charge in [0.25, 0.3) is 0 Å². The number of aliphatic hydroxyl groups excluding tert-OH is 1. The van der Waals surface area contributed by atoms with Gasteiger partial charge >= 0.3 is 0 Å². The number of aliphatic hydroxyl groups is 1. The topological polar surface area (TPSA) is 49.3 Å². The van der Waals surface area contributed by atoms with Crippen molar-refractivity contribution in [2.45, 2.75) is 12.5 Å². The summed E-state index contributed by atoms with van der Waals surface area (Å²) in [6.45, 7) is 0.200. The monoisotopic (exact) mass is 295 g/mol. The summed E-state index contributed by atoms with van der Waals surface area (Å²) in [4.78, 5) is 12.7. The van der Waals surface area contributed by atoms with E-state index in [4.69, 9.17) is 11.6 Å². The lowest BCUT2D eigenvalue weighted by Gasteiger charge is -2.12. The number of hydrogen-bond acceptors (Lipinski definition) is 3. The van der Waals surface area contributed by atoms with E-state index in [0.29, 0.717) is 11.4 Å². The fourth-order valence-electron chi connectivity index (χ4n) is 1.65. The van der Waals surface area contributed by atoms with Crippen LogP contribution in [0.3, 0.4) is 0 Å². The summed E-state index contributed by atoms with van der Waals surface area (Å²) in [5.41, 5.74) is 0.737. The molecule has 1 heterocycles. The highest BCUT2D eigenvalue weighted by Crippen LogP contribution is 2.16. The Bertz CT molecular complexity index is 525. The summed E-state index contributed by atoms with van der Waals surface area (Å²) < 4.78 is 0. The van der Waals surface area contributed by atoms with Crippen molar-refractivity contribution in [2.24, 2.45) is 0 Å². The number of halogens is 1. The zero-order valence-corrected chi connectivity index (χ0v) is 11.7. The molecule has 5 heteroatoms. The molecule has 1 unspecified atom stereocenters. The average Bonchev–Trinajstić information content (AvgIpc) is 2.89. The van der Waals surface area contributed by atoms with Gasteiger partial charge in [0.2, 0.25) is 5.91 Å². The van der Waals surface area contributed by atoms with Gasteiger partial charge in [0.1, 0.15) is 0 Å². The summed E-state index contributed by atoms with van der Waals surface area (Å²) in [5, 5.41) is 15.2. The first kappa shape index (κ1) is 14.1. The van der Waals surface area contributed by atoms with Gasteiger partial charge in [0.15, 0.2) is 0 Å². The van der Waals surface area contributed by atoms with Crippen LogP contribution in [0.25, 0.3) is 0 Å². The second kappa shape index (κ2) is 6.70. The molecule has 3 nitrogen and oxygen atoms in total. The first-order valence-electron chi connectivity index (χ1n) is 5.88. The zero-order valence-electron chi connectivity index (χ0n) is 10.2. The zero-order chi connectivity index (χ0) is 13.7. The van der Waals surface area contributed by atoms with E-state index >= 15 is 0 Å². The van der Waals surface area contributed by atoms with Crippen LogP contribution in [0.2, 0.25) is 5.02 Å². The second-order valence-corrected chi connectivity index (χ2v) is 5.60. The standard InChI is InChI=1S/C14H14ClNO2S/c15-11-5-3-10(4-6-11)13(17)9-16-14(18)8-12-2-1-7-19-12/h1-7,13,17H,8-9H2,(H,16,18). The molecule has 0 saturated heterocycles. The molecule has 1 aromatic heterocycles. The van der Waals surface area contributed by atoms with Crippen LogP contribution in [0.5, 0.6) is 0 Å². The quantitative estimate of drug-likeness (QED) is 0.891. The Kier molecular flexibility index (Phi) is 4.96. The van der Waals surface area contributed by atoms with Gasteiger partial charge in [0, 0.05) is 16.4 Å². The van der Waals surface area contributed by atoms with Gasteiger partial charge < -0.3 is 10.4 Å². The lowest BCUT2D eigenvalue weighted by atomic mass is 10.1. The van der Waals surface area contributed by atoms with Crippen molar-refractivity contribution in [3.8, 4) is 0 Å². The average molecular weight is 296 g/mol. The Morgan fingerprint density at radius 2 is 2.05 bits per heavy atom. The first-order valence-corrected chi connectivity index (χ1v) is 7.13. The SMILES string of the molecule is O=C(Cc1cccs1)NCC(O)c1ccc(Cl)cc1. The number of carbonyl (C=O) groups is 1. The molecule has 0 aliphatic carbocycles. The highest BCUT2D eigenvalue weighted by atomic mass is 35.5. The maximum Gasteiger partial charge on any atom is 0.225 e. The van der Waals surface area contributed by atoms with Crippen LogP contribution in [0.15, 0.2) is 41.8 Å². The number of rotatable bonds is 5. The van der Waals surface area contributed by atoms with Crippen LogP contribution in [-0.4, -0.2) is 17.6 Å². The van der Waals surface area contributed by atoms with Crippen molar-refractivity contribution in [2.75, 3.05) is 6.54 Å². The fraction of sp³-hybridized carbons (Fsp3) is 0.214. The molecule has 1 amide bonds. The Balaban J connectivity index is 1.81. The largest absolute Gasteiger partial charge is 0.387 e. The molecule has 1 aromatic carbocycles. The molecule has 2 aromatic rings. The van der Waals surface area contributed by atoms with E-state index in [0.717, 1.165) is 10.4 Å². The van der Waals surface area contributed by atoms with Crippen LogP contribution in [-0.2, 0) is 11.2 Å². The van der Waals surface area contributed by atoms with E-state index in [9.17, 15) is 9.90 Å². The highest BCUT2D eigenvalue weighted by molar-refractivity contribution is 7.10. The number of benzene rings is 1. The normalized spacial score (nSPS) is 12.1. The van der Waals surface area contributed by atoms with E-state index in [1.54, 1.807) is 35.6 Å². The summed E-state index contributed by atoms with van der Waals surface area (Å²) in [5.74, 6) is -0.0875. The van der Waals surface area contributed by atoms with Gasteiger partial charge in [-0.1, -0.05) is 29.8 Å². The minimum atomic E-state index is -0.718. The van der Waals surface area contributed by atoms with Crippen LogP contribution < -0.4 is 5.32 Å². The minimum Gasteiger partial charge on any atom is -0.387 e. The molecule has 2 N–H and O–H groups in total. The minimum absolute atomic E-state index is 0.0875. The maximum absolute atomic E-state index is 11.7. The van der Waals surface area contributed by atoms with E-state index in [-0.39, 0.29) is 12.5 Å². The third-order valence-corrected chi connectivity index (χ3v) is 3.79. The van der Waals surface area contributed by atoms with Crippen molar-refractivity contribution >= 4 is 28.8 Å². The van der Waals surface area contributed by atoms with Gasteiger partial charge in [-0.05, 0) is 29.1 Å². The first-order chi connectivity index (χ1) is 9.15. The molecule has 0 saturated carbocycles. The van der Waals surface area contributed by atoms with Crippen molar-refractivity contribution < 1.29 is 9.90 Å². The van der Waals surface area contributed by atoms with Gasteiger partial charge in [-0.3, -0.25) is 4.79 Å². The van der Waals surface area contributed by atoms with E-state index < -0.39 is 6.10 Å². The molecule has 2 rings (SSSR count). The molecule has 0 spiro atoms.